The van der Waals surface area contributed by atoms with Crippen molar-refractivity contribution in [3.8, 4) is 11.5 Å². The Morgan fingerprint density at radius 1 is 1.11 bits per heavy atom. The van der Waals surface area contributed by atoms with E-state index in [0.29, 0.717) is 35.2 Å². The topological polar surface area (TPSA) is 84.9 Å². The Bertz CT molecular complexity index is 1220. The predicted octanol–water partition coefficient (Wildman–Crippen LogP) is 5.35. The third kappa shape index (κ3) is 5.11. The minimum absolute atomic E-state index is 0.0309. The molecule has 2 aromatic carbocycles. The normalized spacial score (nSPS) is 20.3. The summed E-state index contributed by atoms with van der Waals surface area (Å²) in [6.45, 7) is 8.08. The smallest absolute Gasteiger partial charge is 0.336 e. The van der Waals surface area contributed by atoms with Crippen LogP contribution >= 0.6 is 0 Å². The number of hydrogen-bond acceptors (Lipinski definition) is 6. The summed E-state index contributed by atoms with van der Waals surface area (Å²) in [5.74, 6) is -0.304. The Balaban J connectivity index is 1.77. The van der Waals surface area contributed by atoms with Crippen LogP contribution in [0.1, 0.15) is 63.5 Å². The van der Waals surface area contributed by atoms with Crippen LogP contribution in [-0.4, -0.2) is 30.6 Å². The van der Waals surface area contributed by atoms with E-state index in [-0.39, 0.29) is 29.5 Å². The first-order chi connectivity index (χ1) is 16.6. The summed E-state index contributed by atoms with van der Waals surface area (Å²) in [6.07, 6.45) is 0.915. The molecule has 0 bridgehead atoms. The zero-order valence-corrected chi connectivity index (χ0v) is 21.0. The summed E-state index contributed by atoms with van der Waals surface area (Å²) in [7, 11) is 1.63. The number of rotatable bonds is 5. The number of ketones is 1. The van der Waals surface area contributed by atoms with Crippen molar-refractivity contribution in [2.24, 2.45) is 5.41 Å². The number of esters is 1. The minimum Gasteiger partial charge on any atom is -0.508 e. The second kappa shape index (κ2) is 9.61. The van der Waals surface area contributed by atoms with Gasteiger partial charge >= 0.3 is 5.97 Å². The maximum absolute atomic E-state index is 13.7. The number of carbonyl (C=O) groups is 2. The number of allylic oxidation sites excluding steroid dienone is 3. The summed E-state index contributed by atoms with van der Waals surface area (Å²) in [6, 6.07) is 14.5. The molecule has 1 aliphatic carbocycles. The zero-order chi connectivity index (χ0) is 25.3. The molecule has 0 saturated carbocycles. The first-order valence-electron chi connectivity index (χ1n) is 11.9. The third-order valence-electron chi connectivity index (χ3n) is 6.47. The van der Waals surface area contributed by atoms with E-state index in [9.17, 15) is 14.7 Å². The second-order valence-corrected chi connectivity index (χ2v) is 10.5. The van der Waals surface area contributed by atoms with Crippen LogP contribution in [0.4, 0.5) is 0 Å². The fourth-order valence-corrected chi connectivity index (χ4v) is 4.93. The average Bonchev–Trinajstić information content (AvgIpc) is 2.81. The number of phenolic OH excluding ortho intramolecular Hbond substituents is 1. The lowest BCUT2D eigenvalue weighted by Crippen LogP contribution is -2.36. The molecule has 1 aliphatic heterocycles. The van der Waals surface area contributed by atoms with Gasteiger partial charge in [-0.3, -0.25) is 4.79 Å². The maximum Gasteiger partial charge on any atom is 0.336 e. The highest BCUT2D eigenvalue weighted by Crippen LogP contribution is 2.47. The highest BCUT2D eigenvalue weighted by molar-refractivity contribution is 6.04. The molecule has 184 valence electrons. The second-order valence-electron chi connectivity index (χ2n) is 10.5. The molecule has 0 amide bonds. The van der Waals surface area contributed by atoms with Crippen molar-refractivity contribution in [2.45, 2.75) is 52.4 Å². The molecule has 2 N–H and O–H groups in total. The number of hydrogen-bond donors (Lipinski definition) is 2. The van der Waals surface area contributed by atoms with Crippen molar-refractivity contribution in [3.63, 3.8) is 0 Å². The number of para-hydroxylation sites is 1. The van der Waals surface area contributed by atoms with Crippen molar-refractivity contribution in [3.05, 3.63) is 82.2 Å². The summed E-state index contributed by atoms with van der Waals surface area (Å²) in [5.41, 5.74) is 3.91. The molecule has 2 unspecified atom stereocenters. The van der Waals surface area contributed by atoms with E-state index in [4.69, 9.17) is 9.47 Å². The Hall–Kier alpha value is -3.54. The fourth-order valence-electron chi connectivity index (χ4n) is 4.93. The molecule has 0 fully saturated rings. The molecule has 2 atom stereocenters. The van der Waals surface area contributed by atoms with Gasteiger partial charge in [0, 0.05) is 35.2 Å². The van der Waals surface area contributed by atoms with E-state index in [1.165, 1.54) is 0 Å². The number of phenols is 1. The van der Waals surface area contributed by atoms with E-state index in [1.54, 1.807) is 25.3 Å². The highest BCUT2D eigenvalue weighted by Gasteiger charge is 2.42. The Kier molecular flexibility index (Phi) is 6.75. The summed E-state index contributed by atoms with van der Waals surface area (Å²) >= 11 is 0. The van der Waals surface area contributed by atoms with Gasteiger partial charge in [-0.25, -0.2) is 4.79 Å². The van der Waals surface area contributed by atoms with Crippen LogP contribution in [0.2, 0.25) is 0 Å². The third-order valence-corrected chi connectivity index (χ3v) is 6.47. The molecule has 2 aliphatic rings. The van der Waals surface area contributed by atoms with Crippen molar-refractivity contribution >= 4 is 11.8 Å². The molecule has 4 rings (SSSR count). The number of nitrogens with one attached hydrogen (secondary N) is 1. The van der Waals surface area contributed by atoms with Crippen molar-refractivity contribution in [2.75, 3.05) is 13.7 Å². The number of carbonyl (C=O) groups excluding carboxylic acids is 2. The van der Waals surface area contributed by atoms with E-state index in [0.717, 1.165) is 17.0 Å². The number of benzene rings is 2. The number of ether oxygens (including phenoxy) is 2. The quantitative estimate of drug-likeness (QED) is 0.567. The largest absolute Gasteiger partial charge is 0.508 e. The van der Waals surface area contributed by atoms with Gasteiger partial charge in [0.15, 0.2) is 5.78 Å². The Labute approximate surface area is 206 Å². The molecule has 1 heterocycles. The summed E-state index contributed by atoms with van der Waals surface area (Å²) in [5, 5.41) is 13.6. The lowest BCUT2D eigenvalue weighted by atomic mass is 9.71. The Morgan fingerprint density at radius 3 is 2.54 bits per heavy atom. The first-order valence-corrected chi connectivity index (χ1v) is 11.9. The zero-order valence-electron chi connectivity index (χ0n) is 21.0. The lowest BCUT2D eigenvalue weighted by molar-refractivity contribution is -0.142. The van der Waals surface area contributed by atoms with Crippen molar-refractivity contribution in [1.82, 2.24) is 5.32 Å². The molecule has 6 nitrogen and oxygen atoms in total. The van der Waals surface area contributed by atoms with Gasteiger partial charge < -0.3 is 19.9 Å². The van der Waals surface area contributed by atoms with Gasteiger partial charge in [0.05, 0.1) is 19.3 Å². The SMILES string of the molecule is COc1ccccc1C1CC(=O)C2=C(C1)NC(C)=C(C(=O)OCC(C)(C)C)C2c1cccc(O)c1. The molecule has 0 saturated heterocycles. The maximum atomic E-state index is 13.7. The van der Waals surface area contributed by atoms with E-state index < -0.39 is 11.9 Å². The van der Waals surface area contributed by atoms with Crippen LogP contribution in [0.3, 0.4) is 0 Å². The predicted molar refractivity (Wildman–Crippen MR) is 134 cm³/mol. The molecule has 0 radical (unpaired) electrons. The summed E-state index contributed by atoms with van der Waals surface area (Å²) < 4.78 is 11.2. The highest BCUT2D eigenvalue weighted by atomic mass is 16.5. The van der Waals surface area contributed by atoms with Gasteiger partial charge in [0.25, 0.3) is 0 Å². The van der Waals surface area contributed by atoms with E-state index in [1.807, 2.05) is 58.0 Å². The lowest BCUT2D eigenvalue weighted by Gasteiger charge is -2.37. The standard InChI is InChI=1S/C29H33NO5/c1-17-25(28(33)35-16-29(2,3)4)26(18-9-8-10-20(31)13-18)27-22(30-17)14-19(15-23(27)32)21-11-6-7-12-24(21)34-5/h6-13,19,26,30-31H,14-16H2,1-5H3. The van der Waals surface area contributed by atoms with Gasteiger partial charge in [-0.15, -0.1) is 0 Å². The van der Waals surface area contributed by atoms with Crippen LogP contribution in [0.25, 0.3) is 0 Å². The first kappa shape index (κ1) is 24.6. The fraction of sp³-hybridized carbons (Fsp3) is 0.379. The molecule has 2 aromatic rings. The molecule has 0 spiro atoms. The van der Waals surface area contributed by atoms with Crippen LogP contribution in [0, 0.1) is 5.41 Å². The van der Waals surface area contributed by atoms with Crippen LogP contribution in [0.15, 0.2) is 71.1 Å². The number of aromatic hydroxyl groups is 1. The molecule has 6 heteroatoms. The van der Waals surface area contributed by atoms with Crippen LogP contribution in [-0.2, 0) is 14.3 Å². The average molecular weight is 476 g/mol. The number of dihydropyridines is 1. The molecule has 35 heavy (non-hydrogen) atoms. The van der Waals surface area contributed by atoms with Gasteiger partial charge in [0.2, 0.25) is 0 Å². The van der Waals surface area contributed by atoms with E-state index in [2.05, 4.69) is 5.32 Å². The van der Waals surface area contributed by atoms with Gasteiger partial charge in [0.1, 0.15) is 11.5 Å². The van der Waals surface area contributed by atoms with Gasteiger partial charge in [-0.05, 0) is 48.1 Å². The monoisotopic (exact) mass is 475 g/mol. The molecular weight excluding hydrogens is 442 g/mol. The molecular formula is C29H33NO5. The van der Waals surface area contributed by atoms with Crippen LogP contribution < -0.4 is 10.1 Å². The number of methoxy groups -OCH3 is 1. The van der Waals surface area contributed by atoms with Crippen molar-refractivity contribution in [1.29, 1.82) is 0 Å². The summed E-state index contributed by atoms with van der Waals surface area (Å²) in [4.78, 5) is 27.0. The van der Waals surface area contributed by atoms with Crippen molar-refractivity contribution < 1.29 is 24.2 Å². The van der Waals surface area contributed by atoms with Crippen LogP contribution in [0.5, 0.6) is 11.5 Å². The minimum atomic E-state index is -0.614. The van der Waals surface area contributed by atoms with Gasteiger partial charge in [-0.1, -0.05) is 51.1 Å². The Morgan fingerprint density at radius 2 is 1.86 bits per heavy atom. The van der Waals surface area contributed by atoms with E-state index >= 15 is 0 Å². The van der Waals surface area contributed by atoms with Gasteiger partial charge in [-0.2, -0.15) is 0 Å². The number of Topliss-reactive ketones (excluding diaryl/α,β-unsaturated/α-hetero) is 1. The molecule has 0 aromatic heterocycles.